The number of anilines is 1. The van der Waals surface area contributed by atoms with Gasteiger partial charge in [-0.3, -0.25) is 0 Å². The number of morpholine rings is 1. The van der Waals surface area contributed by atoms with Crippen molar-refractivity contribution in [2.75, 3.05) is 37.7 Å². The van der Waals surface area contributed by atoms with Crippen LogP contribution >= 0.6 is 0 Å². The molecule has 1 atom stereocenters. The van der Waals surface area contributed by atoms with Crippen molar-refractivity contribution in [2.24, 2.45) is 5.92 Å². The summed E-state index contributed by atoms with van der Waals surface area (Å²) in [6.45, 7) is 8.44. The van der Waals surface area contributed by atoms with Gasteiger partial charge in [0.25, 0.3) is 0 Å². The average Bonchev–Trinajstić information content (AvgIpc) is 2.47. The van der Waals surface area contributed by atoms with Crippen molar-refractivity contribution >= 4 is 5.82 Å². The lowest BCUT2D eigenvalue weighted by Gasteiger charge is -2.34. The zero-order valence-electron chi connectivity index (χ0n) is 12.4. The minimum atomic E-state index is -0.109. The van der Waals surface area contributed by atoms with Gasteiger partial charge in [0.1, 0.15) is 5.82 Å². The van der Waals surface area contributed by atoms with Crippen LogP contribution in [-0.2, 0) is 11.3 Å². The molecular formula is C15H25N3O2. The van der Waals surface area contributed by atoms with E-state index in [9.17, 15) is 5.11 Å². The number of nitrogens with one attached hydrogen (secondary N) is 1. The first-order chi connectivity index (χ1) is 9.70. The summed E-state index contributed by atoms with van der Waals surface area (Å²) in [6, 6.07) is 4.08. The number of rotatable bonds is 6. The number of aliphatic hydroxyl groups excluding tert-OH is 1. The molecule has 0 aromatic carbocycles. The minimum Gasteiger partial charge on any atom is -0.394 e. The van der Waals surface area contributed by atoms with Gasteiger partial charge >= 0.3 is 0 Å². The van der Waals surface area contributed by atoms with E-state index >= 15 is 0 Å². The normalized spacial score (nSPS) is 19.6. The molecule has 1 fully saturated rings. The standard InChI is InChI=1S/C15H25N3O2/c1-12(2)8-16-9-13-4-3-5-17-15(13)18-6-7-20-14(10-18)11-19/h3-5,12,14,16,19H,6-11H2,1-2H3. The molecule has 5 heteroatoms. The fourth-order valence-corrected chi connectivity index (χ4v) is 2.37. The zero-order valence-corrected chi connectivity index (χ0v) is 12.4. The van der Waals surface area contributed by atoms with E-state index in [0.29, 0.717) is 19.1 Å². The van der Waals surface area contributed by atoms with Crippen molar-refractivity contribution in [1.29, 1.82) is 0 Å². The third kappa shape index (κ3) is 4.16. The molecule has 20 heavy (non-hydrogen) atoms. The van der Waals surface area contributed by atoms with Gasteiger partial charge in [0.05, 0.1) is 19.3 Å². The summed E-state index contributed by atoms with van der Waals surface area (Å²) in [5.74, 6) is 1.64. The quantitative estimate of drug-likeness (QED) is 0.814. The maximum absolute atomic E-state index is 9.24. The average molecular weight is 279 g/mol. The van der Waals surface area contributed by atoms with Gasteiger partial charge in [0, 0.05) is 31.4 Å². The molecule has 2 N–H and O–H groups in total. The van der Waals surface area contributed by atoms with Crippen molar-refractivity contribution < 1.29 is 9.84 Å². The number of nitrogens with zero attached hydrogens (tertiary/aromatic N) is 2. The van der Waals surface area contributed by atoms with Gasteiger partial charge in [-0.2, -0.15) is 0 Å². The van der Waals surface area contributed by atoms with E-state index in [1.165, 1.54) is 5.56 Å². The molecule has 0 amide bonds. The molecule has 0 aliphatic carbocycles. The van der Waals surface area contributed by atoms with Gasteiger partial charge in [-0.1, -0.05) is 19.9 Å². The highest BCUT2D eigenvalue weighted by Gasteiger charge is 2.22. The zero-order chi connectivity index (χ0) is 14.4. The van der Waals surface area contributed by atoms with Gasteiger partial charge < -0.3 is 20.1 Å². The lowest BCUT2D eigenvalue weighted by atomic mass is 10.2. The molecule has 5 nitrogen and oxygen atoms in total. The van der Waals surface area contributed by atoms with E-state index in [4.69, 9.17) is 4.74 Å². The predicted octanol–water partition coefficient (Wildman–Crippen LogP) is 1.02. The molecule has 1 saturated heterocycles. The minimum absolute atomic E-state index is 0.0598. The van der Waals surface area contributed by atoms with Gasteiger partial charge in [-0.25, -0.2) is 4.98 Å². The molecule has 0 saturated carbocycles. The van der Waals surface area contributed by atoms with Crippen molar-refractivity contribution in [1.82, 2.24) is 10.3 Å². The molecule has 0 bridgehead atoms. The second-order valence-electron chi connectivity index (χ2n) is 5.63. The molecule has 0 spiro atoms. The highest BCUT2D eigenvalue weighted by molar-refractivity contribution is 5.47. The highest BCUT2D eigenvalue weighted by atomic mass is 16.5. The van der Waals surface area contributed by atoms with Crippen LogP contribution in [0.4, 0.5) is 5.82 Å². The van der Waals surface area contributed by atoms with E-state index in [-0.39, 0.29) is 12.7 Å². The molecule has 1 aromatic rings. The number of hydrogen-bond donors (Lipinski definition) is 2. The van der Waals surface area contributed by atoms with E-state index in [0.717, 1.165) is 25.5 Å². The maximum atomic E-state index is 9.24. The fourth-order valence-electron chi connectivity index (χ4n) is 2.37. The summed E-state index contributed by atoms with van der Waals surface area (Å²) in [6.07, 6.45) is 1.72. The second kappa shape index (κ2) is 7.57. The lowest BCUT2D eigenvalue weighted by molar-refractivity contribution is 0.00331. The largest absolute Gasteiger partial charge is 0.394 e. The Morgan fingerprint density at radius 3 is 3.15 bits per heavy atom. The third-order valence-corrected chi connectivity index (χ3v) is 3.38. The Balaban J connectivity index is 2.03. The topological polar surface area (TPSA) is 57.6 Å². The fraction of sp³-hybridized carbons (Fsp3) is 0.667. The van der Waals surface area contributed by atoms with Gasteiger partial charge in [-0.05, 0) is 18.5 Å². The van der Waals surface area contributed by atoms with Crippen molar-refractivity contribution in [3.8, 4) is 0 Å². The predicted molar refractivity (Wildman–Crippen MR) is 79.8 cm³/mol. The first kappa shape index (κ1) is 15.2. The maximum Gasteiger partial charge on any atom is 0.133 e. The first-order valence-corrected chi connectivity index (χ1v) is 7.32. The highest BCUT2D eigenvalue weighted by Crippen LogP contribution is 2.20. The molecule has 1 aromatic heterocycles. The summed E-state index contributed by atoms with van der Waals surface area (Å²) < 4.78 is 5.50. The van der Waals surface area contributed by atoms with Crippen LogP contribution in [0.3, 0.4) is 0 Å². The Kier molecular flexibility index (Phi) is 5.76. The summed E-state index contributed by atoms with van der Waals surface area (Å²) in [5.41, 5.74) is 1.20. The van der Waals surface area contributed by atoms with Crippen molar-refractivity contribution in [3.63, 3.8) is 0 Å². The number of ether oxygens (including phenoxy) is 1. The Bertz CT molecular complexity index is 412. The van der Waals surface area contributed by atoms with Crippen molar-refractivity contribution in [2.45, 2.75) is 26.5 Å². The summed E-state index contributed by atoms with van der Waals surface area (Å²) in [4.78, 5) is 6.72. The summed E-state index contributed by atoms with van der Waals surface area (Å²) >= 11 is 0. The van der Waals surface area contributed by atoms with Crippen LogP contribution in [0.25, 0.3) is 0 Å². The second-order valence-corrected chi connectivity index (χ2v) is 5.63. The van der Waals surface area contributed by atoms with Gasteiger partial charge in [-0.15, -0.1) is 0 Å². The number of hydrogen-bond acceptors (Lipinski definition) is 5. The van der Waals surface area contributed by atoms with Crippen LogP contribution < -0.4 is 10.2 Å². The van der Waals surface area contributed by atoms with Crippen LogP contribution in [0.15, 0.2) is 18.3 Å². The molecule has 2 rings (SSSR count). The smallest absolute Gasteiger partial charge is 0.133 e. The van der Waals surface area contributed by atoms with Gasteiger partial charge in [0.15, 0.2) is 0 Å². The van der Waals surface area contributed by atoms with Crippen LogP contribution in [0, 0.1) is 5.92 Å². The Hall–Kier alpha value is -1.17. The SMILES string of the molecule is CC(C)CNCc1cccnc1N1CCOC(CO)C1. The third-order valence-electron chi connectivity index (χ3n) is 3.38. The molecule has 1 aliphatic heterocycles. The Morgan fingerprint density at radius 2 is 2.40 bits per heavy atom. The van der Waals surface area contributed by atoms with Crippen LogP contribution in [0.2, 0.25) is 0 Å². The van der Waals surface area contributed by atoms with Crippen LogP contribution in [-0.4, -0.2) is 49.0 Å². The van der Waals surface area contributed by atoms with E-state index in [2.05, 4.69) is 35.1 Å². The summed E-state index contributed by atoms with van der Waals surface area (Å²) in [7, 11) is 0. The summed E-state index contributed by atoms with van der Waals surface area (Å²) in [5, 5.41) is 12.7. The molecule has 1 unspecified atom stereocenters. The van der Waals surface area contributed by atoms with Crippen molar-refractivity contribution in [3.05, 3.63) is 23.9 Å². The van der Waals surface area contributed by atoms with E-state index in [1.807, 2.05) is 12.3 Å². The molecule has 0 radical (unpaired) electrons. The van der Waals surface area contributed by atoms with Crippen LogP contribution in [0.5, 0.6) is 0 Å². The monoisotopic (exact) mass is 279 g/mol. The molecule has 1 aliphatic rings. The van der Waals surface area contributed by atoms with E-state index < -0.39 is 0 Å². The Morgan fingerprint density at radius 1 is 1.55 bits per heavy atom. The van der Waals surface area contributed by atoms with Crippen LogP contribution in [0.1, 0.15) is 19.4 Å². The lowest BCUT2D eigenvalue weighted by Crippen LogP contribution is -2.45. The molecule has 2 heterocycles. The number of aromatic nitrogens is 1. The first-order valence-electron chi connectivity index (χ1n) is 7.32. The number of aliphatic hydroxyl groups is 1. The molecule has 112 valence electrons. The molecular weight excluding hydrogens is 254 g/mol. The number of pyridine rings is 1. The van der Waals surface area contributed by atoms with Gasteiger partial charge in [0.2, 0.25) is 0 Å². The van der Waals surface area contributed by atoms with E-state index in [1.54, 1.807) is 0 Å². The Labute approximate surface area is 121 Å².